The van der Waals surface area contributed by atoms with Crippen LogP contribution in [0.1, 0.15) is 19.3 Å². The minimum Gasteiger partial charge on any atom is -0.466 e. The number of methoxy groups -OCH3 is 1. The molecule has 0 aromatic rings. The molecule has 0 aromatic heterocycles. The van der Waals surface area contributed by atoms with Crippen molar-refractivity contribution in [3.8, 4) is 0 Å². The lowest BCUT2D eigenvalue weighted by Gasteiger charge is -2.15. The predicted octanol–water partition coefficient (Wildman–Crippen LogP) is 0.817. The summed E-state index contributed by atoms with van der Waals surface area (Å²) in [6.07, 6.45) is 4.85. The monoisotopic (exact) mass is 155 g/mol. The highest BCUT2D eigenvalue weighted by atomic mass is 16.5. The molecular weight excluding hydrogens is 142 g/mol. The molecule has 0 saturated carbocycles. The molecule has 3 nitrogen and oxygen atoms in total. The van der Waals surface area contributed by atoms with E-state index in [0.29, 0.717) is 0 Å². The lowest BCUT2D eigenvalue weighted by atomic mass is 10.1. The third kappa shape index (κ3) is 2.62. The van der Waals surface area contributed by atoms with Gasteiger partial charge in [0, 0.05) is 18.3 Å². The van der Waals surface area contributed by atoms with Crippen LogP contribution in [-0.2, 0) is 9.53 Å². The molecule has 0 unspecified atom stereocenters. The topological polar surface area (TPSA) is 38.3 Å². The van der Waals surface area contributed by atoms with E-state index in [1.165, 1.54) is 19.6 Å². The van der Waals surface area contributed by atoms with Gasteiger partial charge in [0.2, 0.25) is 0 Å². The van der Waals surface area contributed by atoms with E-state index in [0.717, 1.165) is 25.1 Å². The maximum absolute atomic E-state index is 10.7. The lowest BCUT2D eigenvalue weighted by Crippen LogP contribution is -2.20. The van der Waals surface area contributed by atoms with Gasteiger partial charge < -0.3 is 10.1 Å². The second-order valence-electron chi connectivity index (χ2n) is 2.58. The van der Waals surface area contributed by atoms with Gasteiger partial charge in [-0.25, -0.2) is 4.79 Å². The summed E-state index contributed by atoms with van der Waals surface area (Å²) in [4.78, 5) is 10.7. The van der Waals surface area contributed by atoms with Crippen molar-refractivity contribution in [1.82, 2.24) is 5.32 Å². The van der Waals surface area contributed by atoms with Crippen molar-refractivity contribution in [3.63, 3.8) is 0 Å². The van der Waals surface area contributed by atoms with Crippen molar-refractivity contribution in [2.24, 2.45) is 0 Å². The average molecular weight is 155 g/mol. The number of piperidine rings is 1. The molecule has 1 aliphatic rings. The molecule has 1 N–H and O–H groups in total. The van der Waals surface area contributed by atoms with Crippen LogP contribution in [-0.4, -0.2) is 19.6 Å². The smallest absolute Gasteiger partial charge is 0.332 e. The van der Waals surface area contributed by atoms with Gasteiger partial charge in [0.1, 0.15) is 0 Å². The molecule has 0 amide bonds. The van der Waals surface area contributed by atoms with Gasteiger partial charge in [0.15, 0.2) is 0 Å². The minimum atomic E-state index is -0.269. The number of hydrogen-bond acceptors (Lipinski definition) is 3. The van der Waals surface area contributed by atoms with E-state index in [-0.39, 0.29) is 5.97 Å². The first kappa shape index (κ1) is 8.11. The number of carbonyl (C=O) groups excluding carboxylic acids is 1. The molecule has 0 atom stereocenters. The Labute approximate surface area is 66.4 Å². The van der Waals surface area contributed by atoms with E-state index in [2.05, 4.69) is 10.1 Å². The zero-order valence-corrected chi connectivity index (χ0v) is 6.72. The fourth-order valence-corrected chi connectivity index (χ4v) is 1.10. The fraction of sp³-hybridized carbons (Fsp3) is 0.625. The highest BCUT2D eigenvalue weighted by Crippen LogP contribution is 2.09. The third-order valence-corrected chi connectivity index (χ3v) is 1.72. The first-order valence-electron chi connectivity index (χ1n) is 3.85. The van der Waals surface area contributed by atoms with Crippen molar-refractivity contribution < 1.29 is 9.53 Å². The summed E-state index contributed by atoms with van der Waals surface area (Å²) in [5, 5.41) is 3.14. The summed E-state index contributed by atoms with van der Waals surface area (Å²) in [5.74, 6) is -0.269. The van der Waals surface area contributed by atoms with E-state index in [1.54, 1.807) is 0 Å². The first-order valence-corrected chi connectivity index (χ1v) is 3.85. The standard InChI is InChI=1S/C8H13NO2/c1-11-8(10)6-7-4-2-3-5-9-7/h6,9H,2-5H2,1H3/b7-6-. The van der Waals surface area contributed by atoms with Crippen LogP contribution in [0.3, 0.4) is 0 Å². The second kappa shape index (κ2) is 4.01. The van der Waals surface area contributed by atoms with Gasteiger partial charge in [-0.3, -0.25) is 0 Å². The summed E-state index contributed by atoms with van der Waals surface area (Å²) < 4.78 is 4.50. The van der Waals surface area contributed by atoms with Crippen molar-refractivity contribution in [3.05, 3.63) is 11.8 Å². The van der Waals surface area contributed by atoms with Crippen molar-refractivity contribution in [2.75, 3.05) is 13.7 Å². The Morgan fingerprint density at radius 1 is 1.64 bits per heavy atom. The minimum absolute atomic E-state index is 0.269. The molecule has 1 heterocycles. The van der Waals surface area contributed by atoms with E-state index in [4.69, 9.17) is 0 Å². The van der Waals surface area contributed by atoms with Gasteiger partial charge in [0.05, 0.1) is 7.11 Å². The maximum Gasteiger partial charge on any atom is 0.332 e. The summed E-state index contributed by atoms with van der Waals surface area (Å²) in [5.41, 5.74) is 1.00. The van der Waals surface area contributed by atoms with E-state index >= 15 is 0 Å². The number of carbonyl (C=O) groups is 1. The van der Waals surface area contributed by atoms with Crippen LogP contribution >= 0.6 is 0 Å². The maximum atomic E-state index is 10.7. The summed E-state index contributed by atoms with van der Waals surface area (Å²) in [6.45, 7) is 0.975. The normalized spacial score (nSPS) is 21.0. The number of nitrogens with one attached hydrogen (secondary N) is 1. The molecule has 1 aliphatic heterocycles. The Kier molecular flexibility index (Phi) is 2.95. The Morgan fingerprint density at radius 3 is 3.00 bits per heavy atom. The Hall–Kier alpha value is -0.990. The van der Waals surface area contributed by atoms with Crippen LogP contribution in [0.25, 0.3) is 0 Å². The molecule has 0 aromatic carbocycles. The van der Waals surface area contributed by atoms with Crippen LogP contribution < -0.4 is 5.32 Å². The number of hydrogen-bond donors (Lipinski definition) is 1. The van der Waals surface area contributed by atoms with Crippen LogP contribution in [0.5, 0.6) is 0 Å². The Morgan fingerprint density at radius 2 is 2.45 bits per heavy atom. The summed E-state index contributed by atoms with van der Waals surface area (Å²) >= 11 is 0. The molecule has 0 aliphatic carbocycles. The van der Waals surface area contributed by atoms with Crippen LogP contribution in [0.4, 0.5) is 0 Å². The molecular formula is C8H13NO2. The van der Waals surface area contributed by atoms with Gasteiger partial charge in [-0.1, -0.05) is 0 Å². The van der Waals surface area contributed by atoms with Crippen molar-refractivity contribution in [2.45, 2.75) is 19.3 Å². The predicted molar refractivity (Wildman–Crippen MR) is 42.0 cm³/mol. The second-order valence-corrected chi connectivity index (χ2v) is 2.58. The van der Waals surface area contributed by atoms with Crippen LogP contribution in [0, 0.1) is 0 Å². The van der Waals surface area contributed by atoms with E-state index < -0.39 is 0 Å². The van der Waals surface area contributed by atoms with E-state index in [1.807, 2.05) is 0 Å². The molecule has 1 fully saturated rings. The highest BCUT2D eigenvalue weighted by Gasteiger charge is 2.05. The third-order valence-electron chi connectivity index (χ3n) is 1.72. The molecule has 0 radical (unpaired) electrons. The van der Waals surface area contributed by atoms with Gasteiger partial charge in [-0.2, -0.15) is 0 Å². The van der Waals surface area contributed by atoms with Gasteiger partial charge in [-0.15, -0.1) is 0 Å². The Bertz CT molecular complexity index is 167. The largest absolute Gasteiger partial charge is 0.466 e. The molecule has 3 heteroatoms. The molecule has 62 valence electrons. The highest BCUT2D eigenvalue weighted by molar-refractivity contribution is 5.82. The van der Waals surface area contributed by atoms with E-state index in [9.17, 15) is 4.79 Å². The SMILES string of the molecule is COC(=O)/C=C1/CCCCN1. The fourth-order valence-electron chi connectivity index (χ4n) is 1.10. The van der Waals surface area contributed by atoms with Crippen LogP contribution in [0.15, 0.2) is 11.8 Å². The van der Waals surface area contributed by atoms with Crippen molar-refractivity contribution >= 4 is 5.97 Å². The van der Waals surface area contributed by atoms with Gasteiger partial charge >= 0.3 is 5.97 Å². The van der Waals surface area contributed by atoms with Crippen LogP contribution in [0.2, 0.25) is 0 Å². The number of esters is 1. The molecule has 1 saturated heterocycles. The number of ether oxygens (including phenoxy) is 1. The van der Waals surface area contributed by atoms with Gasteiger partial charge in [0.25, 0.3) is 0 Å². The number of allylic oxidation sites excluding steroid dienone is 1. The quantitative estimate of drug-likeness (QED) is 0.450. The zero-order valence-electron chi connectivity index (χ0n) is 6.72. The summed E-state index contributed by atoms with van der Waals surface area (Å²) in [6, 6.07) is 0. The average Bonchev–Trinajstić information content (AvgIpc) is 2.06. The van der Waals surface area contributed by atoms with Gasteiger partial charge in [-0.05, 0) is 19.3 Å². The first-order chi connectivity index (χ1) is 5.33. The lowest BCUT2D eigenvalue weighted by molar-refractivity contribution is -0.134. The number of rotatable bonds is 1. The molecule has 0 bridgehead atoms. The Balaban J connectivity index is 2.43. The molecule has 11 heavy (non-hydrogen) atoms. The zero-order chi connectivity index (χ0) is 8.10. The van der Waals surface area contributed by atoms with Crippen molar-refractivity contribution in [1.29, 1.82) is 0 Å². The molecule has 1 rings (SSSR count). The summed E-state index contributed by atoms with van der Waals surface area (Å²) in [7, 11) is 1.39. The molecule has 0 spiro atoms.